The maximum atomic E-state index is 12.5. The number of phenols is 1. The number of nitrogen functional groups attached to an aromatic ring is 1. The van der Waals surface area contributed by atoms with Crippen molar-refractivity contribution in [3.05, 3.63) is 42.7 Å². The first-order valence-corrected chi connectivity index (χ1v) is 8.83. The first kappa shape index (κ1) is 17.0. The minimum absolute atomic E-state index is 0.0712. The molecular formula is C19H20N6O2. The summed E-state index contributed by atoms with van der Waals surface area (Å²) in [5.74, 6) is 1.13. The molecular weight excluding hydrogens is 344 g/mol. The highest BCUT2D eigenvalue weighted by Gasteiger charge is 2.27. The summed E-state index contributed by atoms with van der Waals surface area (Å²) in [5, 5.41) is 13.5. The molecule has 2 aromatic heterocycles. The van der Waals surface area contributed by atoms with Crippen molar-refractivity contribution in [3.8, 4) is 5.75 Å². The first-order valence-electron chi connectivity index (χ1n) is 8.83. The van der Waals surface area contributed by atoms with Gasteiger partial charge in [-0.2, -0.15) is 0 Å². The standard InChI is InChI=1S/C19H20N6O2/c20-16-6-5-13-17(24-16)21-11-22-18(13)25-9-7-12(8-10-25)19(27)23-14-3-1-2-4-15(14)26/h1-6,11-12,26H,7-10H2,(H,23,27)(H2,20,21,22,24). The molecule has 1 amide bonds. The zero-order valence-electron chi connectivity index (χ0n) is 14.7. The van der Waals surface area contributed by atoms with E-state index in [1.807, 2.05) is 6.07 Å². The number of rotatable bonds is 3. The minimum atomic E-state index is -0.109. The number of carbonyl (C=O) groups is 1. The second-order valence-electron chi connectivity index (χ2n) is 6.57. The van der Waals surface area contributed by atoms with Crippen LogP contribution in [0.5, 0.6) is 5.75 Å². The van der Waals surface area contributed by atoms with Crippen LogP contribution < -0.4 is 16.0 Å². The van der Waals surface area contributed by atoms with Crippen LogP contribution in [-0.2, 0) is 4.79 Å². The van der Waals surface area contributed by atoms with Gasteiger partial charge in [-0.15, -0.1) is 0 Å². The summed E-state index contributed by atoms with van der Waals surface area (Å²) in [7, 11) is 0. The average molecular weight is 364 g/mol. The number of carbonyl (C=O) groups excluding carboxylic acids is 1. The van der Waals surface area contributed by atoms with Crippen LogP contribution in [0, 0.1) is 5.92 Å². The Morgan fingerprint density at radius 2 is 1.93 bits per heavy atom. The second-order valence-corrected chi connectivity index (χ2v) is 6.57. The van der Waals surface area contributed by atoms with Gasteiger partial charge in [-0.3, -0.25) is 4.79 Å². The quantitative estimate of drug-likeness (QED) is 0.610. The van der Waals surface area contributed by atoms with E-state index in [9.17, 15) is 9.90 Å². The number of hydrogen-bond acceptors (Lipinski definition) is 7. The van der Waals surface area contributed by atoms with Gasteiger partial charge in [0, 0.05) is 19.0 Å². The molecule has 4 N–H and O–H groups in total. The van der Waals surface area contributed by atoms with Crippen molar-refractivity contribution in [2.24, 2.45) is 5.92 Å². The Kier molecular flexibility index (Phi) is 4.45. The van der Waals surface area contributed by atoms with Gasteiger partial charge in [0.1, 0.15) is 23.7 Å². The summed E-state index contributed by atoms with van der Waals surface area (Å²) in [6, 6.07) is 10.4. The van der Waals surface area contributed by atoms with E-state index in [4.69, 9.17) is 5.73 Å². The molecule has 0 radical (unpaired) electrons. The molecule has 138 valence electrons. The van der Waals surface area contributed by atoms with Crippen LogP contribution in [0.4, 0.5) is 17.3 Å². The molecule has 0 aliphatic carbocycles. The van der Waals surface area contributed by atoms with Gasteiger partial charge in [-0.05, 0) is 37.1 Å². The maximum Gasteiger partial charge on any atom is 0.227 e. The number of aromatic hydroxyl groups is 1. The summed E-state index contributed by atoms with van der Waals surface area (Å²) < 4.78 is 0. The number of piperidine rings is 1. The summed E-state index contributed by atoms with van der Waals surface area (Å²) in [4.78, 5) is 27.5. The molecule has 3 aromatic rings. The van der Waals surface area contributed by atoms with E-state index in [0.29, 0.717) is 43.1 Å². The van der Waals surface area contributed by atoms with Gasteiger partial charge >= 0.3 is 0 Å². The first-order chi connectivity index (χ1) is 13.1. The maximum absolute atomic E-state index is 12.5. The van der Waals surface area contributed by atoms with Crippen molar-refractivity contribution in [2.45, 2.75) is 12.8 Å². The highest BCUT2D eigenvalue weighted by atomic mass is 16.3. The lowest BCUT2D eigenvalue weighted by atomic mass is 9.95. The Morgan fingerprint density at radius 3 is 2.70 bits per heavy atom. The molecule has 0 bridgehead atoms. The summed E-state index contributed by atoms with van der Waals surface area (Å²) in [6.07, 6.45) is 2.89. The highest BCUT2D eigenvalue weighted by molar-refractivity contribution is 5.94. The number of para-hydroxylation sites is 2. The van der Waals surface area contributed by atoms with Crippen molar-refractivity contribution in [3.63, 3.8) is 0 Å². The number of pyridine rings is 1. The van der Waals surface area contributed by atoms with E-state index in [1.54, 1.807) is 30.3 Å². The molecule has 27 heavy (non-hydrogen) atoms. The predicted molar refractivity (Wildman–Crippen MR) is 103 cm³/mol. The SMILES string of the molecule is Nc1ccc2c(N3CCC(C(=O)Nc4ccccc4O)CC3)ncnc2n1. The molecule has 0 spiro atoms. The average Bonchev–Trinajstić information content (AvgIpc) is 2.69. The van der Waals surface area contributed by atoms with Gasteiger partial charge < -0.3 is 21.1 Å². The monoisotopic (exact) mass is 364 g/mol. The third-order valence-electron chi connectivity index (χ3n) is 4.82. The van der Waals surface area contributed by atoms with E-state index >= 15 is 0 Å². The van der Waals surface area contributed by atoms with Gasteiger partial charge in [0.15, 0.2) is 5.65 Å². The molecule has 1 aliphatic rings. The van der Waals surface area contributed by atoms with E-state index in [-0.39, 0.29) is 17.6 Å². The number of anilines is 3. The number of phenolic OH excluding ortho intramolecular Hbond substituents is 1. The van der Waals surface area contributed by atoms with Crippen LogP contribution in [-0.4, -0.2) is 39.1 Å². The fourth-order valence-corrected chi connectivity index (χ4v) is 3.36. The molecule has 8 nitrogen and oxygen atoms in total. The van der Waals surface area contributed by atoms with Crippen LogP contribution in [0.2, 0.25) is 0 Å². The molecule has 1 aromatic carbocycles. The molecule has 8 heteroatoms. The number of benzene rings is 1. The van der Waals surface area contributed by atoms with E-state index in [1.165, 1.54) is 6.33 Å². The summed E-state index contributed by atoms with van der Waals surface area (Å²) in [6.45, 7) is 1.41. The topological polar surface area (TPSA) is 117 Å². The Morgan fingerprint density at radius 1 is 1.15 bits per heavy atom. The fourth-order valence-electron chi connectivity index (χ4n) is 3.36. The number of aromatic nitrogens is 3. The van der Waals surface area contributed by atoms with Crippen molar-refractivity contribution in [1.29, 1.82) is 0 Å². The van der Waals surface area contributed by atoms with Gasteiger partial charge in [0.25, 0.3) is 0 Å². The van der Waals surface area contributed by atoms with Crippen molar-refractivity contribution in [1.82, 2.24) is 15.0 Å². The minimum Gasteiger partial charge on any atom is -0.506 e. The number of nitrogens with two attached hydrogens (primary N) is 1. The molecule has 1 aliphatic heterocycles. The van der Waals surface area contributed by atoms with Gasteiger partial charge in [0.05, 0.1) is 11.1 Å². The number of nitrogens with zero attached hydrogens (tertiary/aromatic N) is 4. The number of nitrogens with one attached hydrogen (secondary N) is 1. The molecule has 1 saturated heterocycles. The van der Waals surface area contributed by atoms with Crippen molar-refractivity contribution in [2.75, 3.05) is 29.0 Å². The van der Waals surface area contributed by atoms with Crippen LogP contribution in [0.3, 0.4) is 0 Å². The molecule has 0 unspecified atom stereocenters. The zero-order valence-corrected chi connectivity index (χ0v) is 14.7. The van der Waals surface area contributed by atoms with Gasteiger partial charge in [-0.1, -0.05) is 12.1 Å². The molecule has 0 saturated carbocycles. The number of fused-ring (bicyclic) bond motifs is 1. The van der Waals surface area contributed by atoms with Crippen LogP contribution in [0.15, 0.2) is 42.7 Å². The number of amides is 1. The fraction of sp³-hybridized carbons (Fsp3) is 0.263. The largest absolute Gasteiger partial charge is 0.506 e. The lowest BCUT2D eigenvalue weighted by Gasteiger charge is -2.32. The summed E-state index contributed by atoms with van der Waals surface area (Å²) >= 11 is 0. The Balaban J connectivity index is 1.45. The molecule has 3 heterocycles. The summed E-state index contributed by atoms with van der Waals surface area (Å²) in [5.41, 5.74) is 6.74. The predicted octanol–water partition coefficient (Wildman–Crippen LogP) is 2.17. The van der Waals surface area contributed by atoms with Gasteiger partial charge in [-0.25, -0.2) is 15.0 Å². The van der Waals surface area contributed by atoms with E-state index in [0.717, 1.165) is 11.2 Å². The third-order valence-corrected chi connectivity index (χ3v) is 4.82. The second kappa shape index (κ2) is 7.06. The molecule has 0 atom stereocenters. The van der Waals surface area contributed by atoms with Gasteiger partial charge in [0.2, 0.25) is 5.91 Å². The van der Waals surface area contributed by atoms with Crippen LogP contribution in [0.1, 0.15) is 12.8 Å². The van der Waals surface area contributed by atoms with Crippen LogP contribution >= 0.6 is 0 Å². The zero-order chi connectivity index (χ0) is 18.8. The third kappa shape index (κ3) is 3.46. The Hall–Kier alpha value is -3.42. The number of hydrogen-bond donors (Lipinski definition) is 3. The molecule has 4 rings (SSSR count). The smallest absolute Gasteiger partial charge is 0.227 e. The Bertz CT molecular complexity index is 985. The van der Waals surface area contributed by atoms with E-state index < -0.39 is 0 Å². The molecule has 1 fully saturated rings. The van der Waals surface area contributed by atoms with Crippen molar-refractivity contribution >= 4 is 34.3 Å². The van der Waals surface area contributed by atoms with Crippen molar-refractivity contribution < 1.29 is 9.90 Å². The lowest BCUT2D eigenvalue weighted by Crippen LogP contribution is -2.38. The normalized spacial score (nSPS) is 15.0. The lowest BCUT2D eigenvalue weighted by molar-refractivity contribution is -0.120. The highest BCUT2D eigenvalue weighted by Crippen LogP contribution is 2.29. The van der Waals surface area contributed by atoms with Crippen LogP contribution in [0.25, 0.3) is 11.0 Å². The van der Waals surface area contributed by atoms with E-state index in [2.05, 4.69) is 25.2 Å². The Labute approximate surface area is 156 Å².